The fourth-order valence-electron chi connectivity index (χ4n) is 5.49. The molecule has 0 radical (unpaired) electrons. The van der Waals surface area contributed by atoms with Gasteiger partial charge in [0.2, 0.25) is 5.78 Å². The van der Waals surface area contributed by atoms with Crippen molar-refractivity contribution in [2.75, 3.05) is 6.61 Å². The zero-order valence-electron chi connectivity index (χ0n) is 22.5. The summed E-state index contributed by atoms with van der Waals surface area (Å²) in [7, 11) is 0. The van der Waals surface area contributed by atoms with E-state index in [1.165, 1.54) is 0 Å². The molecule has 0 saturated heterocycles. The smallest absolute Gasteiger partial charge is 0.270 e. The highest BCUT2D eigenvalue weighted by Gasteiger charge is 2.35. The van der Waals surface area contributed by atoms with Crippen LogP contribution in [0, 0.1) is 0 Å². The molecule has 0 spiro atoms. The number of halogens is 2. The molecule has 6 N–H and O–H groups in total. The van der Waals surface area contributed by atoms with E-state index in [4.69, 9.17) is 33.3 Å². The van der Waals surface area contributed by atoms with Crippen molar-refractivity contribution in [1.29, 1.82) is 0 Å². The second-order valence-electron chi connectivity index (χ2n) is 10.4. The highest BCUT2D eigenvalue weighted by molar-refractivity contribution is 6.31. The molecular weight excluding hydrogens is 597 g/mol. The van der Waals surface area contributed by atoms with Crippen molar-refractivity contribution in [1.82, 2.24) is 24.6 Å². The number of H-pyrrole nitrogens is 1. The predicted molar refractivity (Wildman–Crippen MR) is 162 cm³/mol. The van der Waals surface area contributed by atoms with Crippen LogP contribution in [0.2, 0.25) is 10.0 Å². The van der Waals surface area contributed by atoms with Gasteiger partial charge in [-0.05, 0) is 71.9 Å². The Hall–Kier alpha value is -3.68. The van der Waals surface area contributed by atoms with E-state index in [0.29, 0.717) is 33.3 Å². The van der Waals surface area contributed by atoms with E-state index in [9.17, 15) is 25.2 Å². The molecule has 13 heteroatoms. The van der Waals surface area contributed by atoms with E-state index in [0.717, 1.165) is 33.9 Å². The van der Waals surface area contributed by atoms with Crippen LogP contribution in [0.3, 0.4) is 0 Å². The van der Waals surface area contributed by atoms with Gasteiger partial charge in [-0.1, -0.05) is 47.5 Å². The van der Waals surface area contributed by atoms with Crippen LogP contribution in [-0.4, -0.2) is 75.0 Å². The van der Waals surface area contributed by atoms with E-state index < -0.39 is 36.6 Å². The molecule has 11 nitrogen and oxygen atoms in total. The summed E-state index contributed by atoms with van der Waals surface area (Å²) in [5.74, 6) is -0.390. The number of hydrogen-bond donors (Lipinski definition) is 6. The number of benzene rings is 2. The highest BCUT2D eigenvalue weighted by atomic mass is 35.5. The van der Waals surface area contributed by atoms with E-state index >= 15 is 0 Å². The second-order valence-corrected chi connectivity index (χ2v) is 11.3. The second kappa shape index (κ2) is 11.8. The summed E-state index contributed by atoms with van der Waals surface area (Å²) < 4.78 is 1.01. The van der Waals surface area contributed by atoms with Gasteiger partial charge in [0.05, 0.1) is 17.7 Å². The largest absolute Gasteiger partial charge is 0.394 e. The molecule has 2 aromatic carbocycles. The molecule has 6 rings (SSSR count). The molecule has 4 atom stereocenters. The Bertz CT molecular complexity index is 1910. The zero-order chi connectivity index (χ0) is 30.4. The first-order valence-corrected chi connectivity index (χ1v) is 14.3. The number of rotatable bonds is 7. The molecule has 1 aliphatic carbocycles. The van der Waals surface area contributed by atoms with Crippen molar-refractivity contribution >= 4 is 51.7 Å². The number of aliphatic hydroxyl groups excluding tert-OH is 5. The number of aliphatic hydroxyl groups is 5. The molecule has 5 aromatic rings. The van der Waals surface area contributed by atoms with Crippen molar-refractivity contribution in [3.05, 3.63) is 91.6 Å². The number of allylic oxidation sites excluding steroid dienone is 1. The molecule has 0 fully saturated rings. The SMILES string of the molecule is O=c1c2c(-c3ccc(Cl)cc3)c3c(nc2nc2[nH]nc([C@H](O)[C@H](O)[C@H](O)[C@H](O)CO)n12)/C(=C/c1ccc(Cl)cc1)CCC3. The average Bonchev–Trinajstić information content (AvgIpc) is 3.44. The Kier molecular flexibility index (Phi) is 8.05. The lowest BCUT2D eigenvalue weighted by atomic mass is 9.84. The number of aromatic amines is 1. The van der Waals surface area contributed by atoms with Gasteiger partial charge in [0, 0.05) is 15.6 Å². The van der Waals surface area contributed by atoms with Crippen LogP contribution in [0.4, 0.5) is 0 Å². The average molecular weight is 624 g/mol. The molecule has 3 aromatic heterocycles. The first kappa shape index (κ1) is 29.4. The summed E-state index contributed by atoms with van der Waals surface area (Å²) in [6.45, 7) is -0.853. The molecule has 0 aliphatic heterocycles. The number of nitrogens with zero attached hydrogens (tertiary/aromatic N) is 4. The van der Waals surface area contributed by atoms with Gasteiger partial charge in [0.15, 0.2) is 11.5 Å². The van der Waals surface area contributed by atoms with E-state index in [2.05, 4.69) is 15.2 Å². The lowest BCUT2D eigenvalue weighted by molar-refractivity contribution is -0.118. The Morgan fingerprint density at radius 1 is 0.930 bits per heavy atom. The minimum atomic E-state index is -1.98. The van der Waals surface area contributed by atoms with Gasteiger partial charge in [-0.15, -0.1) is 0 Å². The van der Waals surface area contributed by atoms with Crippen LogP contribution >= 0.6 is 23.2 Å². The minimum absolute atomic E-state index is 0.0514. The quantitative estimate of drug-likeness (QED) is 0.159. The van der Waals surface area contributed by atoms with Gasteiger partial charge in [-0.25, -0.2) is 14.5 Å². The molecular formula is C30H27Cl2N5O6. The maximum absolute atomic E-state index is 14.2. The van der Waals surface area contributed by atoms with Crippen molar-refractivity contribution in [2.24, 2.45) is 0 Å². The first-order valence-electron chi connectivity index (χ1n) is 13.6. The van der Waals surface area contributed by atoms with Crippen LogP contribution in [0.25, 0.3) is 39.6 Å². The summed E-state index contributed by atoms with van der Waals surface area (Å²) in [6, 6.07) is 14.5. The van der Waals surface area contributed by atoms with Crippen LogP contribution in [0.1, 0.15) is 41.6 Å². The van der Waals surface area contributed by atoms with Gasteiger partial charge >= 0.3 is 0 Å². The molecule has 0 unspecified atom stereocenters. The van der Waals surface area contributed by atoms with Gasteiger partial charge in [-0.3, -0.25) is 4.79 Å². The third kappa shape index (κ3) is 5.34. The molecule has 222 valence electrons. The maximum Gasteiger partial charge on any atom is 0.270 e. The fraction of sp³-hybridized carbons (Fsp3) is 0.267. The molecule has 43 heavy (non-hydrogen) atoms. The monoisotopic (exact) mass is 623 g/mol. The molecule has 3 heterocycles. The Morgan fingerprint density at radius 3 is 2.28 bits per heavy atom. The van der Waals surface area contributed by atoms with Crippen LogP contribution in [0.5, 0.6) is 0 Å². The van der Waals surface area contributed by atoms with Gasteiger partial charge in [-0.2, -0.15) is 10.1 Å². The Morgan fingerprint density at radius 2 is 1.60 bits per heavy atom. The normalized spacial score (nSPS) is 17.2. The molecule has 0 bridgehead atoms. The number of aromatic nitrogens is 5. The standard InChI is InChI=1S/C30H27Cl2N5O6/c31-17-8-4-14(5-9-17)12-16-2-1-3-19-21(15-6-10-18(32)11-7-15)22-27(33-23(16)19)34-30-36-35-28(37(30)29(22)43)26(42)25(41)24(40)20(39)13-38/h4-12,20,24-26,38-42H,1-3,13H2,(H,33,34,36)/b16-12+/t20-,24-,25-,26-/m1/s1. The van der Waals surface area contributed by atoms with Crippen molar-refractivity contribution in [3.8, 4) is 11.1 Å². The number of fused-ring (bicyclic) bond motifs is 3. The third-order valence-corrected chi connectivity index (χ3v) is 8.16. The van der Waals surface area contributed by atoms with Crippen LogP contribution in [-0.2, 0) is 6.42 Å². The topological polar surface area (TPSA) is 177 Å². The Balaban J connectivity index is 1.61. The van der Waals surface area contributed by atoms with E-state index in [1.807, 2.05) is 42.5 Å². The lowest BCUT2D eigenvalue weighted by Gasteiger charge is -2.25. The summed E-state index contributed by atoms with van der Waals surface area (Å²) in [6.07, 6.45) is -3.29. The first-order chi connectivity index (χ1) is 20.7. The van der Waals surface area contributed by atoms with Gasteiger partial charge in [0.1, 0.15) is 24.4 Å². The van der Waals surface area contributed by atoms with Crippen molar-refractivity contribution in [2.45, 2.75) is 43.7 Å². The van der Waals surface area contributed by atoms with Crippen molar-refractivity contribution in [3.63, 3.8) is 0 Å². The maximum atomic E-state index is 14.2. The predicted octanol–water partition coefficient (Wildman–Crippen LogP) is 2.92. The minimum Gasteiger partial charge on any atom is -0.394 e. The van der Waals surface area contributed by atoms with Gasteiger partial charge in [0.25, 0.3) is 5.56 Å². The molecule has 0 amide bonds. The molecule has 0 saturated carbocycles. The zero-order valence-corrected chi connectivity index (χ0v) is 24.0. The van der Waals surface area contributed by atoms with Crippen molar-refractivity contribution < 1.29 is 25.5 Å². The number of hydrogen-bond acceptors (Lipinski definition) is 9. The fourth-order valence-corrected chi connectivity index (χ4v) is 5.74. The number of pyridine rings is 1. The third-order valence-electron chi connectivity index (χ3n) is 7.66. The number of nitrogens with one attached hydrogen (secondary N) is 1. The summed E-state index contributed by atoms with van der Waals surface area (Å²) in [4.78, 5) is 23.7. The lowest BCUT2D eigenvalue weighted by Crippen LogP contribution is -2.43. The summed E-state index contributed by atoms with van der Waals surface area (Å²) in [5.41, 5.74) is 4.36. The summed E-state index contributed by atoms with van der Waals surface area (Å²) >= 11 is 12.3. The Labute approximate surface area is 254 Å². The van der Waals surface area contributed by atoms with Crippen LogP contribution < -0.4 is 5.56 Å². The van der Waals surface area contributed by atoms with E-state index in [1.54, 1.807) is 12.1 Å². The summed E-state index contributed by atoms with van der Waals surface area (Å²) in [5, 5.41) is 58.4. The highest BCUT2D eigenvalue weighted by Crippen LogP contribution is 2.40. The molecule has 1 aliphatic rings. The van der Waals surface area contributed by atoms with E-state index in [-0.39, 0.29) is 22.6 Å². The van der Waals surface area contributed by atoms with Crippen LogP contribution in [0.15, 0.2) is 53.3 Å². The van der Waals surface area contributed by atoms with Gasteiger partial charge < -0.3 is 25.5 Å².